The number of amides is 1. The fourth-order valence-electron chi connectivity index (χ4n) is 4.82. The number of H-pyrrole nitrogens is 1. The van der Waals surface area contributed by atoms with Crippen LogP contribution in [0.4, 0.5) is 11.5 Å². The summed E-state index contributed by atoms with van der Waals surface area (Å²) >= 11 is 1.69. The maximum atomic E-state index is 13.2. The molecule has 7 nitrogen and oxygen atoms in total. The highest BCUT2D eigenvalue weighted by molar-refractivity contribution is 7.19. The quantitative estimate of drug-likeness (QED) is 0.376. The Hall–Kier alpha value is -3.78. The van der Waals surface area contributed by atoms with Gasteiger partial charge in [-0.05, 0) is 48.6 Å². The number of fused-ring (bicyclic) bond motifs is 4. The van der Waals surface area contributed by atoms with Gasteiger partial charge >= 0.3 is 0 Å². The number of aryl methyl sites for hydroxylation is 1. The zero-order valence-corrected chi connectivity index (χ0v) is 19.6. The molecule has 34 heavy (non-hydrogen) atoms. The van der Waals surface area contributed by atoms with Gasteiger partial charge in [0, 0.05) is 35.5 Å². The monoisotopic (exact) mass is 468 g/mol. The number of aromatic nitrogens is 4. The molecule has 1 atom stereocenters. The Morgan fingerprint density at radius 2 is 2.09 bits per heavy atom. The molecule has 5 aromatic rings. The molecule has 0 bridgehead atoms. The van der Waals surface area contributed by atoms with Gasteiger partial charge in [-0.25, -0.2) is 9.97 Å². The second-order valence-electron chi connectivity index (χ2n) is 8.82. The molecule has 1 amide bonds. The highest BCUT2D eigenvalue weighted by atomic mass is 32.1. The summed E-state index contributed by atoms with van der Waals surface area (Å²) < 4.78 is 0. The molecule has 0 saturated carbocycles. The van der Waals surface area contributed by atoms with E-state index in [1.807, 2.05) is 48.5 Å². The minimum atomic E-state index is 0.00198. The largest absolute Gasteiger partial charge is 0.341 e. The molecule has 6 rings (SSSR count). The highest BCUT2D eigenvalue weighted by Crippen LogP contribution is 2.41. The predicted molar refractivity (Wildman–Crippen MR) is 135 cm³/mol. The van der Waals surface area contributed by atoms with Crippen LogP contribution >= 0.6 is 11.3 Å². The number of aromatic amines is 1. The fraction of sp³-hybridized carbons (Fsp3) is 0.231. The summed E-state index contributed by atoms with van der Waals surface area (Å²) in [6, 6.07) is 16.2. The van der Waals surface area contributed by atoms with E-state index in [0.29, 0.717) is 6.54 Å². The lowest BCUT2D eigenvalue weighted by Crippen LogP contribution is -2.35. The number of benzene rings is 2. The van der Waals surface area contributed by atoms with Crippen LogP contribution in [0.15, 0.2) is 61.1 Å². The number of hydrogen-bond donors (Lipinski definition) is 2. The lowest BCUT2D eigenvalue weighted by molar-refractivity contribution is -0.135. The molecule has 0 spiro atoms. The molecule has 1 aliphatic rings. The van der Waals surface area contributed by atoms with Gasteiger partial charge in [-0.2, -0.15) is 5.10 Å². The minimum Gasteiger partial charge on any atom is -0.341 e. The van der Waals surface area contributed by atoms with Crippen LogP contribution in [0.3, 0.4) is 0 Å². The maximum Gasteiger partial charge on any atom is 0.226 e. The summed E-state index contributed by atoms with van der Waals surface area (Å²) in [6.07, 6.45) is 5.88. The summed E-state index contributed by atoms with van der Waals surface area (Å²) in [4.78, 5) is 26.4. The van der Waals surface area contributed by atoms with Crippen LogP contribution in [-0.4, -0.2) is 38.0 Å². The first-order valence-electron chi connectivity index (χ1n) is 11.4. The Bertz CT molecular complexity index is 1490. The van der Waals surface area contributed by atoms with E-state index >= 15 is 0 Å². The normalized spacial score (nSPS) is 15.4. The van der Waals surface area contributed by atoms with Crippen LogP contribution in [0.5, 0.6) is 0 Å². The van der Waals surface area contributed by atoms with Crippen LogP contribution in [0, 0.1) is 5.92 Å². The molecule has 1 unspecified atom stereocenters. The minimum absolute atomic E-state index is 0.00198. The molecule has 1 aliphatic carbocycles. The first kappa shape index (κ1) is 20.8. The third-order valence-electron chi connectivity index (χ3n) is 6.54. The number of nitrogens with one attached hydrogen (secondary N) is 2. The SMILES string of the molecule is CN(Cc1ccccc1)C(=O)C1CCc2c(sc3ncnc(Nc4ccc5[nH]ncc5c4)c23)C1. The van der Waals surface area contributed by atoms with E-state index in [1.165, 1.54) is 10.4 Å². The van der Waals surface area contributed by atoms with Gasteiger partial charge in [0.05, 0.1) is 17.1 Å². The van der Waals surface area contributed by atoms with Crippen LogP contribution in [0.25, 0.3) is 21.1 Å². The molecule has 2 aromatic carbocycles. The smallest absolute Gasteiger partial charge is 0.226 e. The van der Waals surface area contributed by atoms with E-state index in [4.69, 9.17) is 0 Å². The number of rotatable bonds is 5. The van der Waals surface area contributed by atoms with E-state index in [0.717, 1.165) is 57.5 Å². The van der Waals surface area contributed by atoms with E-state index < -0.39 is 0 Å². The average molecular weight is 469 g/mol. The Balaban J connectivity index is 1.25. The van der Waals surface area contributed by atoms with Crippen molar-refractivity contribution in [3.8, 4) is 0 Å². The van der Waals surface area contributed by atoms with Crippen molar-refractivity contribution in [1.29, 1.82) is 0 Å². The summed E-state index contributed by atoms with van der Waals surface area (Å²) in [5.74, 6) is 1.03. The molecule has 3 aromatic heterocycles. The van der Waals surface area contributed by atoms with Crippen molar-refractivity contribution in [2.45, 2.75) is 25.8 Å². The van der Waals surface area contributed by atoms with Gasteiger partial charge in [0.15, 0.2) is 0 Å². The van der Waals surface area contributed by atoms with Crippen molar-refractivity contribution in [1.82, 2.24) is 25.1 Å². The molecule has 3 heterocycles. The topological polar surface area (TPSA) is 86.8 Å². The van der Waals surface area contributed by atoms with Gasteiger partial charge < -0.3 is 10.2 Å². The number of anilines is 2. The summed E-state index contributed by atoms with van der Waals surface area (Å²) in [5, 5.41) is 12.7. The van der Waals surface area contributed by atoms with Gasteiger partial charge in [-0.3, -0.25) is 9.89 Å². The zero-order valence-electron chi connectivity index (χ0n) is 18.8. The lowest BCUT2D eigenvalue weighted by Gasteiger charge is -2.27. The average Bonchev–Trinajstić information content (AvgIpc) is 3.48. The van der Waals surface area contributed by atoms with Gasteiger partial charge in [-0.15, -0.1) is 11.3 Å². The van der Waals surface area contributed by atoms with E-state index in [2.05, 4.69) is 43.7 Å². The van der Waals surface area contributed by atoms with Crippen molar-refractivity contribution in [2.24, 2.45) is 5.92 Å². The molecule has 2 N–H and O–H groups in total. The van der Waals surface area contributed by atoms with E-state index in [-0.39, 0.29) is 11.8 Å². The third kappa shape index (κ3) is 3.80. The zero-order chi connectivity index (χ0) is 23.1. The van der Waals surface area contributed by atoms with E-state index in [9.17, 15) is 4.79 Å². The van der Waals surface area contributed by atoms with Gasteiger partial charge in [-0.1, -0.05) is 30.3 Å². The van der Waals surface area contributed by atoms with Gasteiger partial charge in [0.2, 0.25) is 5.91 Å². The first-order valence-corrected chi connectivity index (χ1v) is 12.2. The van der Waals surface area contributed by atoms with Crippen LogP contribution in [0.2, 0.25) is 0 Å². The number of carbonyl (C=O) groups is 1. The second kappa shape index (κ2) is 8.53. The van der Waals surface area contributed by atoms with Crippen LogP contribution < -0.4 is 5.32 Å². The summed E-state index contributed by atoms with van der Waals surface area (Å²) in [6.45, 7) is 0.635. The fourth-order valence-corrected chi connectivity index (χ4v) is 6.09. The number of nitrogens with zero attached hydrogens (tertiary/aromatic N) is 4. The Kier molecular flexibility index (Phi) is 5.22. The first-order chi connectivity index (χ1) is 16.7. The molecule has 0 radical (unpaired) electrons. The predicted octanol–water partition coefficient (Wildman–Crippen LogP) is 5.07. The Labute approximate surface area is 200 Å². The molecular formula is C26H24N6OS. The number of hydrogen-bond acceptors (Lipinski definition) is 6. The van der Waals surface area contributed by atoms with Gasteiger partial charge in [0.1, 0.15) is 17.0 Å². The molecule has 8 heteroatoms. The maximum absolute atomic E-state index is 13.2. The van der Waals surface area contributed by atoms with Crippen molar-refractivity contribution in [3.05, 3.63) is 77.1 Å². The summed E-state index contributed by atoms with van der Waals surface area (Å²) in [5.41, 5.74) is 4.39. The number of carbonyl (C=O) groups excluding carboxylic acids is 1. The second-order valence-corrected chi connectivity index (χ2v) is 9.91. The molecule has 0 aliphatic heterocycles. The van der Waals surface area contributed by atoms with Crippen molar-refractivity contribution < 1.29 is 4.79 Å². The van der Waals surface area contributed by atoms with E-state index in [1.54, 1.807) is 17.7 Å². The van der Waals surface area contributed by atoms with Crippen LogP contribution in [-0.2, 0) is 24.2 Å². The Morgan fingerprint density at radius 3 is 2.97 bits per heavy atom. The lowest BCUT2D eigenvalue weighted by atomic mass is 9.87. The standard InChI is InChI=1S/C26H24N6OS/c1-32(14-16-5-3-2-4-6-16)26(33)17-7-9-20-22(12-17)34-25-23(20)24(27-15-28-25)30-19-8-10-21-18(11-19)13-29-31-21/h2-6,8,10-11,13,15,17H,7,9,12,14H2,1H3,(H,29,31)(H,27,28,30). The highest BCUT2D eigenvalue weighted by Gasteiger charge is 2.30. The molecule has 0 fully saturated rings. The molecule has 0 saturated heterocycles. The third-order valence-corrected chi connectivity index (χ3v) is 7.70. The van der Waals surface area contributed by atoms with Crippen molar-refractivity contribution in [3.63, 3.8) is 0 Å². The summed E-state index contributed by atoms with van der Waals surface area (Å²) in [7, 11) is 1.90. The van der Waals surface area contributed by atoms with Gasteiger partial charge in [0.25, 0.3) is 0 Å². The number of thiophene rings is 1. The molecular weight excluding hydrogens is 444 g/mol. The van der Waals surface area contributed by atoms with Crippen molar-refractivity contribution in [2.75, 3.05) is 12.4 Å². The molecule has 170 valence electrons. The van der Waals surface area contributed by atoms with Crippen LogP contribution in [0.1, 0.15) is 22.4 Å². The Morgan fingerprint density at radius 1 is 1.21 bits per heavy atom. The van der Waals surface area contributed by atoms with Crippen molar-refractivity contribution >= 4 is 49.9 Å².